The van der Waals surface area contributed by atoms with Gasteiger partial charge in [0.1, 0.15) is 11.3 Å². The van der Waals surface area contributed by atoms with E-state index in [2.05, 4.69) is 9.88 Å². The van der Waals surface area contributed by atoms with Gasteiger partial charge >= 0.3 is 6.03 Å². The lowest BCUT2D eigenvalue weighted by atomic mass is 9.92. The van der Waals surface area contributed by atoms with Gasteiger partial charge in [0.2, 0.25) is 0 Å². The summed E-state index contributed by atoms with van der Waals surface area (Å²) in [7, 11) is 0. The van der Waals surface area contributed by atoms with Crippen molar-refractivity contribution in [2.24, 2.45) is 0 Å². The third-order valence-corrected chi connectivity index (χ3v) is 6.02. The number of imide groups is 1. The molecule has 3 amide bonds. The van der Waals surface area contributed by atoms with Crippen LogP contribution in [0.25, 0.3) is 0 Å². The molecule has 0 radical (unpaired) electrons. The molecule has 0 spiro atoms. The van der Waals surface area contributed by atoms with E-state index in [1.807, 2.05) is 26.8 Å². The van der Waals surface area contributed by atoms with Crippen LogP contribution in [0.4, 0.5) is 4.79 Å². The summed E-state index contributed by atoms with van der Waals surface area (Å²) in [6.07, 6.45) is 2.24. The van der Waals surface area contributed by atoms with Crippen LogP contribution in [0, 0.1) is 13.8 Å². The number of hydrogen-bond donors (Lipinski definition) is 1. The van der Waals surface area contributed by atoms with E-state index < -0.39 is 17.5 Å². The molecule has 7 nitrogen and oxygen atoms in total. The molecule has 1 N–H and O–H groups in total. The number of Topliss-reactive ketones (excluding diaryl/α,β-unsaturated/α-hetero) is 1. The molecule has 1 saturated carbocycles. The lowest BCUT2D eigenvalue weighted by Gasteiger charge is -2.22. The van der Waals surface area contributed by atoms with E-state index in [1.165, 1.54) is 0 Å². The summed E-state index contributed by atoms with van der Waals surface area (Å²) >= 11 is 0. The molecule has 1 aliphatic carbocycles. The van der Waals surface area contributed by atoms with Gasteiger partial charge in [-0.15, -0.1) is 0 Å². The predicted octanol–water partition coefficient (Wildman–Crippen LogP) is 3.49. The van der Waals surface area contributed by atoms with Gasteiger partial charge in [0, 0.05) is 23.0 Å². The number of nitrogens with zero attached hydrogens (tertiary/aromatic N) is 2. The van der Waals surface area contributed by atoms with Crippen LogP contribution in [0.15, 0.2) is 30.3 Å². The number of aromatic nitrogens is 1. The van der Waals surface area contributed by atoms with Crippen LogP contribution in [0.3, 0.4) is 0 Å². The number of nitrogens with one attached hydrogen (secondary N) is 1. The second-order valence-corrected chi connectivity index (χ2v) is 8.21. The molecule has 7 heteroatoms. The van der Waals surface area contributed by atoms with Crippen molar-refractivity contribution in [2.45, 2.75) is 52.1 Å². The van der Waals surface area contributed by atoms with Crippen molar-refractivity contribution in [1.29, 1.82) is 0 Å². The first-order valence-electron chi connectivity index (χ1n) is 10.3. The molecule has 158 valence electrons. The Bertz CT molecular complexity index is 1020. The Morgan fingerprint density at radius 2 is 1.87 bits per heavy atom. The fraction of sp³-hybridized carbons (Fsp3) is 0.435. The second kappa shape index (κ2) is 7.31. The van der Waals surface area contributed by atoms with Crippen LogP contribution in [-0.2, 0) is 10.3 Å². The minimum Gasteiger partial charge on any atom is -0.494 e. The Balaban J connectivity index is 1.54. The molecule has 0 bridgehead atoms. The van der Waals surface area contributed by atoms with E-state index in [9.17, 15) is 14.4 Å². The number of hydrogen-bond acceptors (Lipinski definition) is 4. The Hall–Kier alpha value is -3.09. The summed E-state index contributed by atoms with van der Waals surface area (Å²) in [6.45, 7) is 7.74. The van der Waals surface area contributed by atoms with Crippen molar-refractivity contribution < 1.29 is 19.1 Å². The number of carbonyl (C=O) groups is 3. The van der Waals surface area contributed by atoms with Gasteiger partial charge in [-0.3, -0.25) is 14.5 Å². The number of carbonyl (C=O) groups excluding carboxylic acids is 3. The van der Waals surface area contributed by atoms with Gasteiger partial charge in [-0.25, -0.2) is 4.79 Å². The number of amides is 3. The maximum atomic E-state index is 13.1. The molecule has 4 rings (SSSR count). The highest BCUT2D eigenvalue weighted by atomic mass is 16.5. The van der Waals surface area contributed by atoms with Crippen molar-refractivity contribution in [1.82, 2.24) is 14.8 Å². The summed E-state index contributed by atoms with van der Waals surface area (Å²) in [5.41, 5.74) is 1.95. The normalized spacial score (nSPS) is 21.1. The van der Waals surface area contributed by atoms with E-state index in [-0.39, 0.29) is 12.3 Å². The Labute approximate surface area is 176 Å². The molecule has 1 aromatic carbocycles. The maximum Gasteiger partial charge on any atom is 0.325 e. The highest BCUT2D eigenvalue weighted by molar-refractivity contribution is 6.11. The van der Waals surface area contributed by atoms with E-state index in [1.54, 1.807) is 31.2 Å². The van der Waals surface area contributed by atoms with E-state index in [0.717, 1.165) is 29.1 Å². The van der Waals surface area contributed by atoms with Crippen LogP contribution in [0.2, 0.25) is 0 Å². The number of urea groups is 1. The van der Waals surface area contributed by atoms with E-state index in [0.29, 0.717) is 29.5 Å². The first kappa shape index (κ1) is 20.2. The third kappa shape index (κ3) is 3.28. The fourth-order valence-corrected chi connectivity index (χ4v) is 4.27. The van der Waals surface area contributed by atoms with Crippen molar-refractivity contribution in [2.75, 3.05) is 13.2 Å². The quantitative estimate of drug-likeness (QED) is 0.561. The van der Waals surface area contributed by atoms with Gasteiger partial charge in [-0.1, -0.05) is 12.1 Å². The molecule has 1 atom stereocenters. The van der Waals surface area contributed by atoms with E-state index in [4.69, 9.17) is 4.74 Å². The molecule has 1 aromatic heterocycles. The number of benzene rings is 1. The Morgan fingerprint density at radius 1 is 1.20 bits per heavy atom. The molecule has 2 fully saturated rings. The number of aryl methyl sites for hydroxylation is 1. The smallest absolute Gasteiger partial charge is 0.325 e. The van der Waals surface area contributed by atoms with Gasteiger partial charge in [0.25, 0.3) is 5.91 Å². The van der Waals surface area contributed by atoms with Gasteiger partial charge in [0.15, 0.2) is 5.78 Å². The first-order chi connectivity index (χ1) is 14.3. The van der Waals surface area contributed by atoms with Crippen LogP contribution < -0.4 is 10.1 Å². The van der Waals surface area contributed by atoms with Crippen molar-refractivity contribution in [3.8, 4) is 5.75 Å². The van der Waals surface area contributed by atoms with Crippen LogP contribution in [0.5, 0.6) is 5.75 Å². The lowest BCUT2D eigenvalue weighted by molar-refractivity contribution is -0.130. The summed E-state index contributed by atoms with van der Waals surface area (Å²) in [6, 6.07) is 8.83. The summed E-state index contributed by atoms with van der Waals surface area (Å²) in [5.74, 6) is 0.0372. The third-order valence-electron chi connectivity index (χ3n) is 6.02. The molecule has 0 unspecified atom stereocenters. The van der Waals surface area contributed by atoms with Gasteiger partial charge in [0.05, 0.1) is 13.2 Å². The SMILES string of the molecule is CCOc1ccc([C@]2(C)NC(=O)N(CC(=O)c3cc(C)n(C4CC4)c3C)C2=O)cc1. The van der Waals surface area contributed by atoms with Gasteiger partial charge in [-0.05, 0) is 64.3 Å². The van der Waals surface area contributed by atoms with Crippen LogP contribution in [-0.4, -0.2) is 40.3 Å². The maximum absolute atomic E-state index is 13.1. The topological polar surface area (TPSA) is 80.6 Å². The number of ether oxygens (including phenoxy) is 1. The molecule has 1 saturated heterocycles. The highest BCUT2D eigenvalue weighted by Crippen LogP contribution is 2.38. The van der Waals surface area contributed by atoms with Crippen molar-refractivity contribution >= 4 is 17.7 Å². The average Bonchev–Trinajstić information content (AvgIpc) is 3.46. The molecular weight excluding hydrogens is 382 g/mol. The zero-order chi connectivity index (χ0) is 21.6. The molecule has 2 aliphatic rings. The highest BCUT2D eigenvalue weighted by Gasteiger charge is 2.49. The zero-order valence-corrected chi connectivity index (χ0v) is 17.8. The molecule has 2 heterocycles. The standard InChI is InChI=1S/C23H27N3O4/c1-5-30-18-10-6-16(7-11-18)23(4)21(28)25(22(29)24-23)13-20(27)19-12-14(2)26(15(19)3)17-8-9-17/h6-7,10-12,17H,5,8-9,13H2,1-4H3,(H,24,29)/t23-/m0/s1. The summed E-state index contributed by atoms with van der Waals surface area (Å²) in [5, 5.41) is 2.75. The lowest BCUT2D eigenvalue weighted by Crippen LogP contribution is -2.41. The van der Waals surface area contributed by atoms with Gasteiger partial charge < -0.3 is 14.6 Å². The average molecular weight is 409 g/mol. The molecular formula is C23H27N3O4. The first-order valence-corrected chi connectivity index (χ1v) is 10.3. The minimum absolute atomic E-state index is 0.227. The number of rotatable bonds is 7. The predicted molar refractivity (Wildman–Crippen MR) is 112 cm³/mol. The van der Waals surface area contributed by atoms with Crippen molar-refractivity contribution in [3.63, 3.8) is 0 Å². The second-order valence-electron chi connectivity index (χ2n) is 8.21. The minimum atomic E-state index is -1.22. The fourth-order valence-electron chi connectivity index (χ4n) is 4.27. The van der Waals surface area contributed by atoms with Crippen LogP contribution >= 0.6 is 0 Å². The largest absolute Gasteiger partial charge is 0.494 e. The van der Waals surface area contributed by atoms with Gasteiger partial charge in [-0.2, -0.15) is 0 Å². The van der Waals surface area contributed by atoms with E-state index >= 15 is 0 Å². The molecule has 1 aliphatic heterocycles. The zero-order valence-electron chi connectivity index (χ0n) is 17.8. The Morgan fingerprint density at radius 3 is 2.47 bits per heavy atom. The monoisotopic (exact) mass is 409 g/mol. The summed E-state index contributed by atoms with van der Waals surface area (Å²) < 4.78 is 7.63. The molecule has 2 aromatic rings. The van der Waals surface area contributed by atoms with Crippen molar-refractivity contribution in [3.05, 3.63) is 52.8 Å². The summed E-state index contributed by atoms with van der Waals surface area (Å²) in [4.78, 5) is 39.7. The number of ketones is 1. The Kier molecular flexibility index (Phi) is 4.92. The molecule has 30 heavy (non-hydrogen) atoms. The van der Waals surface area contributed by atoms with Crippen LogP contribution in [0.1, 0.15) is 60.0 Å².